The quantitative estimate of drug-likeness (QED) is 0.741. The highest BCUT2D eigenvalue weighted by molar-refractivity contribution is 5.92. The van der Waals surface area contributed by atoms with Gasteiger partial charge in [-0.3, -0.25) is 4.79 Å². The van der Waals surface area contributed by atoms with Gasteiger partial charge in [-0.15, -0.1) is 0 Å². The van der Waals surface area contributed by atoms with Gasteiger partial charge < -0.3 is 29.7 Å². The minimum Gasteiger partial charge on any atom is -0.493 e. The fourth-order valence-electron chi connectivity index (χ4n) is 2.44. The molecule has 0 unspecified atom stereocenters. The van der Waals surface area contributed by atoms with Gasteiger partial charge in [-0.05, 0) is 12.8 Å². The van der Waals surface area contributed by atoms with Crippen molar-refractivity contribution in [3.8, 4) is 17.2 Å². The van der Waals surface area contributed by atoms with Crippen molar-refractivity contribution in [3.05, 3.63) is 12.1 Å². The van der Waals surface area contributed by atoms with Crippen LogP contribution in [0.3, 0.4) is 0 Å². The maximum Gasteiger partial charge on any atom is 0.315 e. The second-order valence-corrected chi connectivity index (χ2v) is 5.73. The van der Waals surface area contributed by atoms with Crippen LogP contribution in [0.15, 0.2) is 12.1 Å². The largest absolute Gasteiger partial charge is 0.493 e. The normalized spacial score (nSPS) is 13.0. The van der Waals surface area contributed by atoms with E-state index in [2.05, 4.69) is 10.6 Å². The number of benzene rings is 1. The Bertz CT molecular complexity index is 606. The summed E-state index contributed by atoms with van der Waals surface area (Å²) < 4.78 is 15.9. The molecule has 0 spiro atoms. The highest BCUT2D eigenvalue weighted by Gasteiger charge is 2.23. The van der Waals surface area contributed by atoms with Gasteiger partial charge in [-0.25, -0.2) is 4.79 Å². The number of carbonyl (C=O) groups excluding carboxylic acids is 2. The van der Waals surface area contributed by atoms with Crippen LogP contribution in [0.1, 0.15) is 19.8 Å². The monoisotopic (exact) mass is 351 g/mol. The number of hydrogen-bond acceptors (Lipinski definition) is 5. The zero-order valence-electron chi connectivity index (χ0n) is 15.0. The Labute approximate surface area is 147 Å². The predicted octanol–water partition coefficient (Wildman–Crippen LogP) is 1.53. The molecule has 0 aliphatic heterocycles. The highest BCUT2D eigenvalue weighted by Crippen LogP contribution is 2.41. The summed E-state index contributed by atoms with van der Waals surface area (Å²) in [7, 11) is 4.55. The first-order valence-electron chi connectivity index (χ1n) is 8.12. The van der Waals surface area contributed by atoms with Gasteiger partial charge in [0.15, 0.2) is 11.5 Å². The Morgan fingerprint density at radius 2 is 1.72 bits per heavy atom. The fraction of sp³-hybridized carbons (Fsp3) is 0.529. The molecule has 1 aliphatic rings. The second-order valence-electron chi connectivity index (χ2n) is 5.73. The van der Waals surface area contributed by atoms with Crippen LogP contribution in [0.5, 0.6) is 17.2 Å². The molecule has 2 N–H and O–H groups in total. The molecule has 2 rings (SSSR count). The van der Waals surface area contributed by atoms with Gasteiger partial charge in [0.25, 0.3) is 0 Å². The number of ether oxygens (including phenoxy) is 3. The molecule has 25 heavy (non-hydrogen) atoms. The summed E-state index contributed by atoms with van der Waals surface area (Å²) in [6.45, 7) is 2.12. The molecule has 1 aromatic carbocycles. The summed E-state index contributed by atoms with van der Waals surface area (Å²) in [5, 5.41) is 5.60. The lowest BCUT2D eigenvalue weighted by Crippen LogP contribution is -2.42. The summed E-state index contributed by atoms with van der Waals surface area (Å²) in [4.78, 5) is 25.3. The van der Waals surface area contributed by atoms with Crippen LogP contribution in [0, 0.1) is 0 Å². The van der Waals surface area contributed by atoms with E-state index in [1.165, 1.54) is 28.3 Å². The molecule has 1 aliphatic carbocycles. The van der Waals surface area contributed by atoms with Crippen LogP contribution >= 0.6 is 0 Å². The Kier molecular flexibility index (Phi) is 6.32. The first-order valence-corrected chi connectivity index (χ1v) is 8.12. The number of nitrogens with one attached hydrogen (secondary N) is 2. The maximum absolute atomic E-state index is 12.0. The zero-order chi connectivity index (χ0) is 18.4. The smallest absolute Gasteiger partial charge is 0.315 e. The molecule has 1 aromatic rings. The van der Waals surface area contributed by atoms with Crippen molar-refractivity contribution in [1.82, 2.24) is 10.6 Å². The predicted molar refractivity (Wildman–Crippen MR) is 93.7 cm³/mol. The van der Waals surface area contributed by atoms with Gasteiger partial charge in [0.2, 0.25) is 11.7 Å². The van der Waals surface area contributed by atoms with Crippen molar-refractivity contribution >= 4 is 17.6 Å². The van der Waals surface area contributed by atoms with Gasteiger partial charge in [-0.1, -0.05) is 0 Å². The summed E-state index contributed by atoms with van der Waals surface area (Å²) in [5.74, 6) is 1.22. The molecule has 1 fully saturated rings. The first kappa shape index (κ1) is 18.7. The third-order valence-electron chi connectivity index (χ3n) is 3.87. The lowest BCUT2D eigenvalue weighted by Gasteiger charge is -2.23. The average Bonchev–Trinajstić information content (AvgIpc) is 3.40. The standard InChI is InChI=1S/C17H25N3O5/c1-11(21)20(8-7-18-17(22)19-12-5-6-12)13-9-14(23-2)16(25-4)15(10-13)24-3/h9-10,12H,5-8H2,1-4H3,(H2,18,19,22). The fourth-order valence-corrected chi connectivity index (χ4v) is 2.44. The van der Waals surface area contributed by atoms with Gasteiger partial charge in [0.05, 0.1) is 27.0 Å². The lowest BCUT2D eigenvalue weighted by atomic mass is 10.2. The summed E-state index contributed by atoms with van der Waals surface area (Å²) >= 11 is 0. The third-order valence-corrected chi connectivity index (χ3v) is 3.87. The molecule has 0 bridgehead atoms. The average molecular weight is 351 g/mol. The van der Waals surface area contributed by atoms with Gasteiger partial charge in [-0.2, -0.15) is 0 Å². The molecule has 3 amide bonds. The number of urea groups is 1. The van der Waals surface area contributed by atoms with Crippen molar-refractivity contribution in [3.63, 3.8) is 0 Å². The van der Waals surface area contributed by atoms with Crippen LogP contribution in [-0.2, 0) is 4.79 Å². The van der Waals surface area contributed by atoms with E-state index < -0.39 is 0 Å². The number of nitrogens with zero attached hydrogens (tertiary/aromatic N) is 1. The highest BCUT2D eigenvalue weighted by atomic mass is 16.5. The summed E-state index contributed by atoms with van der Waals surface area (Å²) in [5.41, 5.74) is 0.603. The minimum atomic E-state index is -0.212. The van der Waals surface area contributed by atoms with Gasteiger partial charge >= 0.3 is 6.03 Å². The molecule has 138 valence electrons. The van der Waals surface area contributed by atoms with E-state index in [4.69, 9.17) is 14.2 Å². The molecule has 8 nitrogen and oxygen atoms in total. The van der Waals surface area contributed by atoms with Crippen LogP contribution in [0.4, 0.5) is 10.5 Å². The zero-order valence-corrected chi connectivity index (χ0v) is 15.0. The van der Waals surface area contributed by atoms with Crippen molar-refractivity contribution < 1.29 is 23.8 Å². The Morgan fingerprint density at radius 1 is 1.12 bits per heavy atom. The molecular weight excluding hydrogens is 326 g/mol. The second kappa shape index (κ2) is 8.46. The van der Waals surface area contributed by atoms with Crippen LogP contribution in [-0.4, -0.2) is 52.4 Å². The molecule has 1 saturated carbocycles. The first-order chi connectivity index (χ1) is 12.0. The Balaban J connectivity index is 2.10. The van der Waals surface area contributed by atoms with E-state index in [1.807, 2.05) is 0 Å². The molecule has 0 heterocycles. The van der Waals surface area contributed by atoms with E-state index in [9.17, 15) is 9.59 Å². The molecule has 0 saturated heterocycles. The van der Waals surface area contributed by atoms with Gasteiger partial charge in [0.1, 0.15) is 0 Å². The summed E-state index contributed by atoms with van der Waals surface area (Å²) in [6.07, 6.45) is 2.05. The number of carbonyl (C=O) groups is 2. The molecule has 0 aromatic heterocycles. The maximum atomic E-state index is 12.0. The van der Waals surface area contributed by atoms with E-state index in [1.54, 1.807) is 17.0 Å². The Morgan fingerprint density at radius 3 is 2.16 bits per heavy atom. The molecule has 0 radical (unpaired) electrons. The molecule has 8 heteroatoms. The van der Waals surface area contributed by atoms with Crippen molar-refractivity contribution in [1.29, 1.82) is 0 Å². The Hall–Kier alpha value is -2.64. The SMILES string of the molecule is COc1cc(N(CCNC(=O)NC2CC2)C(C)=O)cc(OC)c1OC. The number of rotatable bonds is 8. The topological polar surface area (TPSA) is 89.1 Å². The van der Waals surface area contributed by atoms with E-state index in [0.717, 1.165) is 12.8 Å². The van der Waals surface area contributed by atoms with Crippen LogP contribution < -0.4 is 29.7 Å². The third kappa shape index (κ3) is 4.91. The van der Waals surface area contributed by atoms with Crippen molar-refractivity contribution in [2.24, 2.45) is 0 Å². The van der Waals surface area contributed by atoms with E-state index in [-0.39, 0.29) is 11.9 Å². The lowest BCUT2D eigenvalue weighted by molar-refractivity contribution is -0.116. The van der Waals surface area contributed by atoms with Crippen LogP contribution in [0.2, 0.25) is 0 Å². The summed E-state index contributed by atoms with van der Waals surface area (Å²) in [6, 6.07) is 3.48. The molecular formula is C17H25N3O5. The number of hydrogen-bond donors (Lipinski definition) is 2. The number of anilines is 1. The van der Waals surface area contributed by atoms with Crippen molar-refractivity contribution in [2.75, 3.05) is 39.3 Å². The number of amides is 3. The van der Waals surface area contributed by atoms with Gasteiger partial charge in [0, 0.05) is 38.2 Å². The van der Waals surface area contributed by atoms with Crippen molar-refractivity contribution in [2.45, 2.75) is 25.8 Å². The van der Waals surface area contributed by atoms with Crippen LogP contribution in [0.25, 0.3) is 0 Å². The van der Waals surface area contributed by atoms with E-state index in [0.29, 0.717) is 42.1 Å². The van der Waals surface area contributed by atoms with E-state index >= 15 is 0 Å². The minimum absolute atomic E-state index is 0.154. The molecule has 0 atom stereocenters. The number of methoxy groups -OCH3 is 3.